The van der Waals surface area contributed by atoms with E-state index >= 15 is 0 Å². The molecular formula is C18H20O. The topological polar surface area (TPSA) is 9.23 Å². The maximum atomic E-state index is 5.88. The van der Waals surface area contributed by atoms with Crippen molar-refractivity contribution in [2.75, 3.05) is 0 Å². The van der Waals surface area contributed by atoms with Crippen LogP contribution >= 0.6 is 0 Å². The van der Waals surface area contributed by atoms with Crippen molar-refractivity contribution in [3.05, 3.63) is 71.3 Å². The molecule has 0 unspecified atom stereocenters. The number of rotatable bonds is 4. The maximum absolute atomic E-state index is 5.88. The highest BCUT2D eigenvalue weighted by molar-refractivity contribution is 5.65. The molecule has 0 saturated carbocycles. The summed E-state index contributed by atoms with van der Waals surface area (Å²) >= 11 is 0. The summed E-state index contributed by atoms with van der Waals surface area (Å²) in [6.45, 7) is 6.89. The van der Waals surface area contributed by atoms with E-state index < -0.39 is 0 Å². The minimum atomic E-state index is 0.610. The number of hydrogen-bond acceptors (Lipinski definition) is 1. The zero-order valence-corrected chi connectivity index (χ0v) is 11.8. The van der Waals surface area contributed by atoms with Crippen LogP contribution in [-0.4, -0.2) is 0 Å². The lowest BCUT2D eigenvalue weighted by Crippen LogP contribution is -1.96. The fraction of sp³-hybridized carbons (Fsp3) is 0.222. The third kappa shape index (κ3) is 3.72. The standard InChI is InChI=1S/C18H20O/c1-4-15(3)17-10-14(2)11-18(12-17)19-13-16-8-6-5-7-9-16/h4-12H,13H2,1-3H3/b15-4-. The lowest BCUT2D eigenvalue weighted by atomic mass is 10.0. The minimum Gasteiger partial charge on any atom is -0.489 e. The van der Waals surface area contributed by atoms with E-state index in [1.807, 2.05) is 18.2 Å². The lowest BCUT2D eigenvalue weighted by Gasteiger charge is -2.10. The lowest BCUT2D eigenvalue weighted by molar-refractivity contribution is 0.306. The predicted molar refractivity (Wildman–Crippen MR) is 81.3 cm³/mol. The van der Waals surface area contributed by atoms with E-state index in [0.29, 0.717) is 6.61 Å². The molecular weight excluding hydrogens is 232 g/mol. The number of allylic oxidation sites excluding steroid dienone is 2. The zero-order valence-electron chi connectivity index (χ0n) is 11.8. The van der Waals surface area contributed by atoms with Crippen LogP contribution in [0.3, 0.4) is 0 Å². The SMILES string of the molecule is C/C=C(/C)c1cc(C)cc(OCc2ccccc2)c1. The van der Waals surface area contributed by atoms with Gasteiger partial charge in [-0.3, -0.25) is 0 Å². The predicted octanol–water partition coefficient (Wildman–Crippen LogP) is 5.00. The molecule has 2 aromatic carbocycles. The molecule has 0 aromatic heterocycles. The van der Waals surface area contributed by atoms with Gasteiger partial charge in [-0.1, -0.05) is 42.5 Å². The van der Waals surface area contributed by atoms with Crippen molar-refractivity contribution in [2.24, 2.45) is 0 Å². The van der Waals surface area contributed by atoms with Crippen molar-refractivity contribution in [1.82, 2.24) is 0 Å². The van der Waals surface area contributed by atoms with Crippen LogP contribution in [0.1, 0.15) is 30.5 Å². The van der Waals surface area contributed by atoms with Crippen molar-refractivity contribution < 1.29 is 4.74 Å². The van der Waals surface area contributed by atoms with Gasteiger partial charge < -0.3 is 4.74 Å². The Morgan fingerprint density at radius 3 is 2.53 bits per heavy atom. The van der Waals surface area contributed by atoms with Crippen LogP contribution in [0.25, 0.3) is 5.57 Å². The van der Waals surface area contributed by atoms with Crippen LogP contribution in [0.4, 0.5) is 0 Å². The molecule has 2 rings (SSSR count). The highest BCUT2D eigenvalue weighted by atomic mass is 16.5. The molecule has 0 radical (unpaired) electrons. The van der Waals surface area contributed by atoms with Gasteiger partial charge in [-0.05, 0) is 55.2 Å². The second-order valence-electron chi connectivity index (χ2n) is 4.78. The molecule has 0 atom stereocenters. The van der Waals surface area contributed by atoms with Gasteiger partial charge in [0.1, 0.15) is 12.4 Å². The van der Waals surface area contributed by atoms with Gasteiger partial charge in [0, 0.05) is 0 Å². The molecule has 0 bridgehead atoms. The molecule has 0 saturated heterocycles. The third-order valence-electron chi connectivity index (χ3n) is 3.19. The molecule has 2 aromatic rings. The van der Waals surface area contributed by atoms with Crippen LogP contribution in [0, 0.1) is 6.92 Å². The minimum absolute atomic E-state index is 0.610. The monoisotopic (exact) mass is 252 g/mol. The van der Waals surface area contributed by atoms with Crippen LogP contribution < -0.4 is 4.74 Å². The van der Waals surface area contributed by atoms with Crippen molar-refractivity contribution in [1.29, 1.82) is 0 Å². The number of aryl methyl sites for hydroxylation is 1. The normalized spacial score (nSPS) is 11.4. The molecule has 0 aliphatic heterocycles. The first kappa shape index (κ1) is 13.4. The van der Waals surface area contributed by atoms with Crippen LogP contribution in [0.5, 0.6) is 5.75 Å². The molecule has 0 aliphatic carbocycles. The van der Waals surface area contributed by atoms with Gasteiger partial charge >= 0.3 is 0 Å². The summed E-state index contributed by atoms with van der Waals surface area (Å²) in [5.41, 5.74) is 4.91. The van der Waals surface area contributed by atoms with Gasteiger partial charge in [0.2, 0.25) is 0 Å². The Morgan fingerprint density at radius 1 is 1.11 bits per heavy atom. The van der Waals surface area contributed by atoms with Crippen molar-refractivity contribution in [2.45, 2.75) is 27.4 Å². The van der Waals surface area contributed by atoms with Gasteiger partial charge in [0.15, 0.2) is 0 Å². The second kappa shape index (κ2) is 6.24. The summed E-state index contributed by atoms with van der Waals surface area (Å²) in [7, 11) is 0. The molecule has 0 N–H and O–H groups in total. The first-order valence-corrected chi connectivity index (χ1v) is 6.61. The molecule has 1 heteroatoms. The van der Waals surface area contributed by atoms with E-state index in [-0.39, 0.29) is 0 Å². The average molecular weight is 252 g/mol. The molecule has 98 valence electrons. The van der Waals surface area contributed by atoms with E-state index in [9.17, 15) is 0 Å². The Labute approximate surface area is 115 Å². The van der Waals surface area contributed by atoms with Crippen LogP contribution in [0.2, 0.25) is 0 Å². The highest BCUT2D eigenvalue weighted by Gasteiger charge is 2.01. The summed E-state index contributed by atoms with van der Waals surface area (Å²) in [6.07, 6.45) is 2.12. The zero-order chi connectivity index (χ0) is 13.7. The third-order valence-corrected chi connectivity index (χ3v) is 3.19. The molecule has 0 aliphatic rings. The van der Waals surface area contributed by atoms with Gasteiger partial charge in [-0.2, -0.15) is 0 Å². The van der Waals surface area contributed by atoms with E-state index in [1.54, 1.807) is 0 Å². The molecule has 19 heavy (non-hydrogen) atoms. The fourth-order valence-corrected chi connectivity index (χ4v) is 1.97. The Balaban J connectivity index is 2.14. The molecule has 1 nitrogen and oxygen atoms in total. The van der Waals surface area contributed by atoms with E-state index in [1.165, 1.54) is 22.3 Å². The Hall–Kier alpha value is -2.02. The highest BCUT2D eigenvalue weighted by Crippen LogP contribution is 2.23. The summed E-state index contributed by atoms with van der Waals surface area (Å²) in [4.78, 5) is 0. The van der Waals surface area contributed by atoms with E-state index in [2.05, 4.69) is 57.2 Å². The quantitative estimate of drug-likeness (QED) is 0.744. The summed E-state index contributed by atoms with van der Waals surface area (Å²) in [5, 5.41) is 0. The van der Waals surface area contributed by atoms with Crippen molar-refractivity contribution in [3.8, 4) is 5.75 Å². The summed E-state index contributed by atoms with van der Waals surface area (Å²) in [5.74, 6) is 0.931. The van der Waals surface area contributed by atoms with Gasteiger partial charge in [0.05, 0.1) is 0 Å². The molecule has 0 fully saturated rings. The van der Waals surface area contributed by atoms with Crippen LogP contribution in [-0.2, 0) is 6.61 Å². The summed E-state index contributed by atoms with van der Waals surface area (Å²) in [6, 6.07) is 16.6. The Kier molecular flexibility index (Phi) is 4.40. The van der Waals surface area contributed by atoms with Crippen LogP contribution in [0.15, 0.2) is 54.6 Å². The molecule has 0 spiro atoms. The van der Waals surface area contributed by atoms with Gasteiger partial charge in [-0.25, -0.2) is 0 Å². The molecule has 0 heterocycles. The largest absolute Gasteiger partial charge is 0.489 e. The smallest absolute Gasteiger partial charge is 0.120 e. The first-order chi connectivity index (χ1) is 9.19. The number of benzene rings is 2. The Bertz CT molecular complexity index is 567. The second-order valence-corrected chi connectivity index (χ2v) is 4.78. The number of ether oxygens (including phenoxy) is 1. The van der Waals surface area contributed by atoms with Gasteiger partial charge in [-0.15, -0.1) is 0 Å². The van der Waals surface area contributed by atoms with Crippen molar-refractivity contribution in [3.63, 3.8) is 0 Å². The average Bonchev–Trinajstić information content (AvgIpc) is 2.45. The molecule has 0 amide bonds. The van der Waals surface area contributed by atoms with Crippen molar-refractivity contribution >= 4 is 5.57 Å². The van der Waals surface area contributed by atoms with E-state index in [4.69, 9.17) is 4.74 Å². The Morgan fingerprint density at radius 2 is 1.84 bits per heavy atom. The number of hydrogen-bond donors (Lipinski definition) is 0. The van der Waals surface area contributed by atoms with E-state index in [0.717, 1.165) is 5.75 Å². The van der Waals surface area contributed by atoms with Gasteiger partial charge in [0.25, 0.3) is 0 Å². The summed E-state index contributed by atoms with van der Waals surface area (Å²) < 4.78 is 5.88. The first-order valence-electron chi connectivity index (χ1n) is 6.61. The maximum Gasteiger partial charge on any atom is 0.120 e. The fourth-order valence-electron chi connectivity index (χ4n) is 1.97.